The Bertz CT molecular complexity index is 655. The van der Waals surface area contributed by atoms with Crippen molar-refractivity contribution in [3.63, 3.8) is 0 Å². The lowest BCUT2D eigenvalue weighted by Crippen LogP contribution is -2.27. The zero-order valence-corrected chi connectivity index (χ0v) is 14.7. The smallest absolute Gasteiger partial charge is 0.303 e. The normalized spacial score (nSPS) is 17.5. The number of aromatic nitrogens is 1. The summed E-state index contributed by atoms with van der Waals surface area (Å²) in [5.74, 6) is 0.0536. The monoisotopic (exact) mass is 319 g/mol. The van der Waals surface area contributed by atoms with E-state index in [0.29, 0.717) is 5.41 Å². The summed E-state index contributed by atoms with van der Waals surface area (Å²) in [6.07, 6.45) is 3.88. The van der Waals surface area contributed by atoms with E-state index in [1.54, 1.807) is 18.3 Å². The Morgan fingerprint density at radius 3 is 2.73 bits per heavy atom. The average Bonchev–Trinajstić information content (AvgIpc) is 2.90. The molecule has 22 heavy (non-hydrogen) atoms. The van der Waals surface area contributed by atoms with Gasteiger partial charge < -0.3 is 5.11 Å². The summed E-state index contributed by atoms with van der Waals surface area (Å²) in [4.78, 5) is 15.4. The molecule has 2 aromatic rings. The van der Waals surface area contributed by atoms with Gasteiger partial charge in [0.2, 0.25) is 0 Å². The van der Waals surface area contributed by atoms with Crippen molar-refractivity contribution in [2.45, 2.75) is 53.4 Å². The minimum atomic E-state index is -0.745. The van der Waals surface area contributed by atoms with Crippen LogP contribution in [0.2, 0.25) is 0 Å². The molecule has 1 unspecified atom stereocenters. The van der Waals surface area contributed by atoms with Crippen LogP contribution in [0.1, 0.15) is 51.8 Å². The minimum absolute atomic E-state index is 0.222. The molecule has 0 aliphatic heterocycles. The van der Waals surface area contributed by atoms with Gasteiger partial charge in [0.25, 0.3) is 0 Å². The first-order valence-corrected chi connectivity index (χ1v) is 8.77. The van der Waals surface area contributed by atoms with Crippen molar-refractivity contribution in [3.05, 3.63) is 28.8 Å². The molecule has 0 saturated heterocycles. The largest absolute Gasteiger partial charge is 0.481 e. The van der Waals surface area contributed by atoms with Gasteiger partial charge in [-0.25, -0.2) is 4.98 Å². The van der Waals surface area contributed by atoms with Crippen LogP contribution >= 0.6 is 11.3 Å². The minimum Gasteiger partial charge on any atom is -0.481 e. The second kappa shape index (κ2) is 6.78. The fourth-order valence-corrected chi connectivity index (χ4v) is 3.56. The van der Waals surface area contributed by atoms with Crippen LogP contribution in [0, 0.1) is 11.3 Å². The third-order valence-corrected chi connectivity index (χ3v) is 5.16. The highest BCUT2D eigenvalue weighted by Crippen LogP contribution is 2.37. The zero-order chi connectivity index (χ0) is 16.3. The predicted octanol–water partition coefficient (Wildman–Crippen LogP) is 4.93. The number of carboxylic acids is 1. The van der Waals surface area contributed by atoms with E-state index in [-0.39, 0.29) is 6.42 Å². The standard InChI is InChI=1S/C15H19NS.C3H6O2/c1-15(2,3)12-4-5-13-11(9-12)8-10-6-7-17-14(10)16-13;1-2-3(4)5/h6-8,12H,4-5,9H2,1-3H3;2H2,1H3,(H,4,5). The molecule has 3 rings (SSSR count). The maximum atomic E-state index is 9.37. The molecule has 0 amide bonds. The van der Waals surface area contributed by atoms with Crippen LogP contribution in [-0.2, 0) is 17.6 Å². The summed E-state index contributed by atoms with van der Waals surface area (Å²) in [5, 5.41) is 11.2. The van der Waals surface area contributed by atoms with E-state index in [0.717, 1.165) is 12.3 Å². The number of carbonyl (C=O) groups is 1. The quantitative estimate of drug-likeness (QED) is 0.811. The number of carboxylic acid groups (broad SMARTS) is 1. The van der Waals surface area contributed by atoms with Crippen molar-refractivity contribution in [2.24, 2.45) is 11.3 Å². The number of nitrogens with zero attached hydrogens (tertiary/aromatic N) is 1. The van der Waals surface area contributed by atoms with Crippen LogP contribution in [0.15, 0.2) is 17.5 Å². The number of pyridine rings is 1. The number of thiophene rings is 1. The highest BCUT2D eigenvalue weighted by Gasteiger charge is 2.29. The lowest BCUT2D eigenvalue weighted by atomic mass is 9.71. The first-order chi connectivity index (χ1) is 10.3. The molecule has 2 heterocycles. The van der Waals surface area contributed by atoms with Crippen molar-refractivity contribution in [2.75, 3.05) is 0 Å². The summed E-state index contributed by atoms with van der Waals surface area (Å²) >= 11 is 1.76. The fraction of sp³-hybridized carbons (Fsp3) is 0.556. The van der Waals surface area contributed by atoms with Crippen molar-refractivity contribution in [1.29, 1.82) is 0 Å². The van der Waals surface area contributed by atoms with E-state index < -0.39 is 5.97 Å². The van der Waals surface area contributed by atoms with Gasteiger partial charge in [0.15, 0.2) is 0 Å². The molecule has 3 nitrogen and oxygen atoms in total. The van der Waals surface area contributed by atoms with Gasteiger partial charge in [-0.05, 0) is 53.7 Å². The second-order valence-electron chi connectivity index (χ2n) is 6.96. The average molecular weight is 319 g/mol. The molecule has 0 radical (unpaired) electrons. The first-order valence-electron chi connectivity index (χ1n) is 7.89. The van der Waals surface area contributed by atoms with E-state index in [2.05, 4.69) is 38.3 Å². The van der Waals surface area contributed by atoms with E-state index in [1.807, 2.05) is 0 Å². The summed E-state index contributed by atoms with van der Waals surface area (Å²) in [6.45, 7) is 8.68. The molecule has 1 N–H and O–H groups in total. The molecule has 0 fully saturated rings. The van der Waals surface area contributed by atoms with Gasteiger partial charge in [-0.1, -0.05) is 27.7 Å². The maximum Gasteiger partial charge on any atom is 0.303 e. The van der Waals surface area contributed by atoms with Gasteiger partial charge in [0.1, 0.15) is 4.83 Å². The van der Waals surface area contributed by atoms with Gasteiger partial charge >= 0.3 is 5.97 Å². The summed E-state index contributed by atoms with van der Waals surface area (Å²) in [5.41, 5.74) is 3.25. The Labute approximate surface area is 136 Å². The van der Waals surface area contributed by atoms with Crippen molar-refractivity contribution < 1.29 is 9.90 Å². The van der Waals surface area contributed by atoms with Crippen LogP contribution in [0.25, 0.3) is 10.2 Å². The zero-order valence-electron chi connectivity index (χ0n) is 13.8. The fourth-order valence-electron chi connectivity index (χ4n) is 2.79. The number of hydrogen-bond acceptors (Lipinski definition) is 3. The van der Waals surface area contributed by atoms with E-state index in [9.17, 15) is 4.79 Å². The third-order valence-electron chi connectivity index (χ3n) is 4.33. The SMILES string of the molecule is CC(C)(C)C1CCc2nc3sccc3cc2C1.CCC(=O)O. The lowest BCUT2D eigenvalue weighted by molar-refractivity contribution is -0.136. The van der Waals surface area contributed by atoms with Gasteiger partial charge in [-0.15, -0.1) is 11.3 Å². The number of fused-ring (bicyclic) bond motifs is 2. The predicted molar refractivity (Wildman–Crippen MR) is 92.5 cm³/mol. The van der Waals surface area contributed by atoms with Crippen molar-refractivity contribution in [1.82, 2.24) is 4.98 Å². The summed E-state index contributed by atoms with van der Waals surface area (Å²) in [7, 11) is 0. The number of aliphatic carboxylic acids is 1. The van der Waals surface area contributed by atoms with Gasteiger partial charge in [0, 0.05) is 17.5 Å². The Balaban J connectivity index is 0.000000309. The van der Waals surface area contributed by atoms with Crippen molar-refractivity contribution in [3.8, 4) is 0 Å². The van der Waals surface area contributed by atoms with Gasteiger partial charge in [0.05, 0.1) is 0 Å². The van der Waals surface area contributed by atoms with Crippen LogP contribution < -0.4 is 0 Å². The Morgan fingerprint density at radius 1 is 1.45 bits per heavy atom. The number of rotatable bonds is 1. The summed E-state index contributed by atoms with van der Waals surface area (Å²) < 4.78 is 0. The second-order valence-corrected chi connectivity index (χ2v) is 7.86. The lowest BCUT2D eigenvalue weighted by Gasteiger charge is -2.34. The molecule has 0 saturated carbocycles. The number of hydrogen-bond donors (Lipinski definition) is 1. The van der Waals surface area contributed by atoms with E-state index in [1.165, 1.54) is 34.3 Å². The molecule has 0 bridgehead atoms. The van der Waals surface area contributed by atoms with Crippen LogP contribution in [-0.4, -0.2) is 16.1 Å². The maximum absolute atomic E-state index is 9.37. The van der Waals surface area contributed by atoms with Crippen LogP contribution in [0.3, 0.4) is 0 Å². The molecule has 0 spiro atoms. The molecular weight excluding hydrogens is 294 g/mol. The molecule has 2 aromatic heterocycles. The van der Waals surface area contributed by atoms with Gasteiger partial charge in [-0.3, -0.25) is 4.79 Å². The molecule has 1 aliphatic carbocycles. The van der Waals surface area contributed by atoms with E-state index >= 15 is 0 Å². The third kappa shape index (κ3) is 4.07. The molecule has 0 aromatic carbocycles. The van der Waals surface area contributed by atoms with Crippen LogP contribution in [0.5, 0.6) is 0 Å². The summed E-state index contributed by atoms with van der Waals surface area (Å²) in [6, 6.07) is 4.56. The first kappa shape index (κ1) is 16.9. The van der Waals surface area contributed by atoms with Crippen molar-refractivity contribution >= 4 is 27.5 Å². The molecular formula is C18H25NO2S. The molecule has 1 aliphatic rings. The highest BCUT2D eigenvalue weighted by atomic mass is 32.1. The molecule has 4 heteroatoms. The van der Waals surface area contributed by atoms with Gasteiger partial charge in [-0.2, -0.15) is 0 Å². The Kier molecular flexibility index (Phi) is 5.22. The molecule has 120 valence electrons. The topological polar surface area (TPSA) is 50.2 Å². The molecule has 1 atom stereocenters. The number of aryl methyl sites for hydroxylation is 1. The Morgan fingerprint density at radius 2 is 2.14 bits per heavy atom. The Hall–Kier alpha value is -1.42. The van der Waals surface area contributed by atoms with Crippen LogP contribution in [0.4, 0.5) is 0 Å². The highest BCUT2D eigenvalue weighted by molar-refractivity contribution is 7.16. The van der Waals surface area contributed by atoms with E-state index in [4.69, 9.17) is 10.1 Å².